The van der Waals surface area contributed by atoms with Gasteiger partial charge in [0.15, 0.2) is 6.10 Å². The predicted octanol–water partition coefficient (Wildman–Crippen LogP) is 6.85. The van der Waals surface area contributed by atoms with Gasteiger partial charge in [-0.2, -0.15) is 0 Å². The van der Waals surface area contributed by atoms with E-state index in [4.69, 9.17) is 19.1 Å². The van der Waals surface area contributed by atoms with E-state index in [0.717, 1.165) is 44.4 Å². The summed E-state index contributed by atoms with van der Waals surface area (Å²) in [6.45, 7) is 4.27. The van der Waals surface area contributed by atoms with Crippen LogP contribution >= 0.6 is 7.82 Å². The van der Waals surface area contributed by atoms with E-state index in [2.05, 4.69) is 25.3 Å². The Bertz CT molecular complexity index is 1100. The molecular formula is C41H75O13P. The molecule has 0 aromatic heterocycles. The molecule has 1 saturated carbocycles. The zero-order valence-corrected chi connectivity index (χ0v) is 34.8. The van der Waals surface area contributed by atoms with Crippen LogP contribution in [0.4, 0.5) is 0 Å². The van der Waals surface area contributed by atoms with Crippen LogP contribution in [0, 0.1) is 17.8 Å². The molecular weight excluding hydrogens is 731 g/mol. The van der Waals surface area contributed by atoms with Crippen LogP contribution in [-0.4, -0.2) is 99.3 Å². The number of unbranched alkanes of at least 4 members (excludes halogenated alkanes) is 11. The molecule has 0 bridgehead atoms. The van der Waals surface area contributed by atoms with Crippen molar-refractivity contribution in [1.29, 1.82) is 0 Å². The molecule has 0 aliphatic heterocycles. The summed E-state index contributed by atoms with van der Waals surface area (Å²) in [5, 5.41) is 49.6. The molecule has 13 nitrogen and oxygen atoms in total. The molecule has 1 fully saturated rings. The van der Waals surface area contributed by atoms with Crippen LogP contribution in [0.5, 0.6) is 0 Å². The SMILES string of the molecule is CCCCC[C@H](O)/C=C/[C@@H]1[C@@H](C/C=C/CCCC(=O)OC[C@H](COP(=O)(O)OC[C@@H](O)CO)OC(=O)CCCCCCCCCCCC(C)C)[C@@H](O)C[C@H]1O. The summed E-state index contributed by atoms with van der Waals surface area (Å²) in [5.74, 6) is -0.797. The summed E-state index contributed by atoms with van der Waals surface area (Å²) < 4.78 is 32.6. The minimum atomic E-state index is -4.67. The van der Waals surface area contributed by atoms with E-state index in [9.17, 15) is 39.5 Å². The highest BCUT2D eigenvalue weighted by atomic mass is 31.2. The van der Waals surface area contributed by atoms with Crippen molar-refractivity contribution in [3.05, 3.63) is 24.3 Å². The predicted molar refractivity (Wildman–Crippen MR) is 212 cm³/mol. The van der Waals surface area contributed by atoms with E-state index < -0.39 is 76.7 Å². The number of carbonyl (C=O) groups is 2. The molecule has 0 amide bonds. The van der Waals surface area contributed by atoms with Gasteiger partial charge in [0.2, 0.25) is 0 Å². The van der Waals surface area contributed by atoms with Crippen molar-refractivity contribution in [3.8, 4) is 0 Å². The first-order valence-corrected chi connectivity index (χ1v) is 22.4. The van der Waals surface area contributed by atoms with Crippen molar-refractivity contribution >= 4 is 19.8 Å². The number of carbonyl (C=O) groups excluding carboxylic acids is 2. The molecule has 6 N–H and O–H groups in total. The second-order valence-corrected chi connectivity index (χ2v) is 16.9. The summed E-state index contributed by atoms with van der Waals surface area (Å²) in [4.78, 5) is 35.1. The Hall–Kier alpha value is -1.67. The third-order valence-corrected chi connectivity index (χ3v) is 10.8. The molecule has 0 aromatic carbocycles. The van der Waals surface area contributed by atoms with E-state index in [0.29, 0.717) is 32.1 Å². The molecule has 322 valence electrons. The van der Waals surface area contributed by atoms with Gasteiger partial charge in [-0.1, -0.05) is 122 Å². The van der Waals surface area contributed by atoms with Gasteiger partial charge >= 0.3 is 19.8 Å². The van der Waals surface area contributed by atoms with E-state index in [1.165, 1.54) is 38.5 Å². The Morgan fingerprint density at radius 3 is 2.05 bits per heavy atom. The van der Waals surface area contributed by atoms with Gasteiger partial charge in [-0.3, -0.25) is 18.6 Å². The third-order valence-electron chi connectivity index (χ3n) is 9.86. The quantitative estimate of drug-likeness (QED) is 0.0170. The van der Waals surface area contributed by atoms with Gasteiger partial charge in [0.25, 0.3) is 0 Å². The zero-order valence-electron chi connectivity index (χ0n) is 33.9. The van der Waals surface area contributed by atoms with Crippen molar-refractivity contribution in [3.63, 3.8) is 0 Å². The molecule has 1 rings (SSSR count). The van der Waals surface area contributed by atoms with Crippen molar-refractivity contribution in [2.45, 2.75) is 180 Å². The number of phosphoric acid groups is 1. The average Bonchev–Trinajstić information content (AvgIpc) is 3.41. The standard InChI is InChI=1S/C41H75O13P/c1-4-5-15-21-33(43)25-26-37-36(38(45)27-39(37)46)22-17-13-14-18-23-40(47)51-30-35(31-53-55(49,50)52-29-34(44)28-42)54-41(48)24-19-12-10-8-6-7-9-11-16-20-32(2)3/h13,17,25-26,32-39,42-46H,4-12,14-16,18-24,27-31H2,1-3H3,(H,49,50)/b17-13+,26-25+/t33-,34-,35+,36+,37+,38-,39+/m0/s1. The van der Waals surface area contributed by atoms with Crippen molar-refractivity contribution in [2.75, 3.05) is 26.4 Å². The summed E-state index contributed by atoms with van der Waals surface area (Å²) in [6.07, 6.45) is 19.7. The first kappa shape index (κ1) is 51.3. The minimum absolute atomic E-state index is 0.0660. The largest absolute Gasteiger partial charge is 0.472 e. The van der Waals surface area contributed by atoms with E-state index in [1.54, 1.807) is 6.08 Å². The monoisotopic (exact) mass is 806 g/mol. The maximum Gasteiger partial charge on any atom is 0.472 e. The van der Waals surface area contributed by atoms with Crippen molar-refractivity contribution in [1.82, 2.24) is 0 Å². The van der Waals surface area contributed by atoms with Crippen LogP contribution in [0.25, 0.3) is 0 Å². The van der Waals surface area contributed by atoms with Crippen LogP contribution in [-0.2, 0) is 32.7 Å². The van der Waals surface area contributed by atoms with Gasteiger partial charge in [-0.05, 0) is 43.9 Å². The van der Waals surface area contributed by atoms with Crippen LogP contribution < -0.4 is 0 Å². The van der Waals surface area contributed by atoms with E-state index >= 15 is 0 Å². The zero-order chi connectivity index (χ0) is 40.9. The van der Waals surface area contributed by atoms with Gasteiger partial charge in [0.1, 0.15) is 12.7 Å². The highest BCUT2D eigenvalue weighted by Crippen LogP contribution is 2.43. The van der Waals surface area contributed by atoms with E-state index in [1.807, 2.05) is 18.2 Å². The number of esters is 2. The van der Waals surface area contributed by atoms with Crippen LogP contribution in [0.2, 0.25) is 0 Å². The fourth-order valence-corrected chi connectivity index (χ4v) is 7.31. The molecule has 0 aromatic rings. The number of allylic oxidation sites excluding steroid dienone is 2. The lowest BCUT2D eigenvalue weighted by Crippen LogP contribution is -2.29. The minimum Gasteiger partial charge on any atom is -0.462 e. The smallest absolute Gasteiger partial charge is 0.462 e. The topological polar surface area (TPSA) is 210 Å². The van der Waals surface area contributed by atoms with Crippen LogP contribution in [0.15, 0.2) is 24.3 Å². The molecule has 0 spiro atoms. The number of ether oxygens (including phenoxy) is 2. The first-order valence-electron chi connectivity index (χ1n) is 20.9. The number of aliphatic hydroxyl groups is 5. The summed E-state index contributed by atoms with van der Waals surface area (Å²) in [6, 6.07) is 0. The second kappa shape index (κ2) is 31.3. The number of phosphoric ester groups is 1. The number of aliphatic hydroxyl groups excluding tert-OH is 5. The lowest BCUT2D eigenvalue weighted by molar-refractivity contribution is -0.161. The van der Waals surface area contributed by atoms with Gasteiger partial charge in [-0.25, -0.2) is 4.57 Å². The van der Waals surface area contributed by atoms with E-state index in [-0.39, 0.29) is 31.1 Å². The first-order chi connectivity index (χ1) is 26.3. The number of rotatable bonds is 34. The normalized spacial score (nSPS) is 21.6. The molecule has 14 heteroatoms. The van der Waals surface area contributed by atoms with Gasteiger partial charge in [0, 0.05) is 25.2 Å². The fourth-order valence-electron chi connectivity index (χ4n) is 6.52. The molecule has 8 atom stereocenters. The molecule has 0 heterocycles. The Balaban J connectivity index is 2.50. The molecule has 0 radical (unpaired) electrons. The highest BCUT2D eigenvalue weighted by molar-refractivity contribution is 7.47. The fraction of sp³-hybridized carbons (Fsp3) is 0.854. The maximum absolute atomic E-state index is 12.6. The molecule has 1 unspecified atom stereocenters. The lowest BCUT2D eigenvalue weighted by atomic mass is 9.89. The Kier molecular flexibility index (Phi) is 29.3. The van der Waals surface area contributed by atoms with Crippen molar-refractivity contribution < 1.29 is 63.1 Å². The van der Waals surface area contributed by atoms with Gasteiger partial charge in [-0.15, -0.1) is 0 Å². The highest BCUT2D eigenvalue weighted by Gasteiger charge is 2.39. The summed E-state index contributed by atoms with van der Waals surface area (Å²) >= 11 is 0. The number of hydrogen-bond acceptors (Lipinski definition) is 12. The molecule has 0 saturated heterocycles. The summed E-state index contributed by atoms with van der Waals surface area (Å²) in [5.41, 5.74) is 0. The Labute approximate surface area is 330 Å². The third kappa shape index (κ3) is 26.8. The Morgan fingerprint density at radius 1 is 0.782 bits per heavy atom. The lowest BCUT2D eigenvalue weighted by Gasteiger charge is -2.20. The maximum atomic E-state index is 12.6. The van der Waals surface area contributed by atoms with Crippen LogP contribution in [0.1, 0.15) is 149 Å². The number of hydrogen-bond donors (Lipinski definition) is 6. The van der Waals surface area contributed by atoms with Gasteiger partial charge in [0.05, 0.1) is 38.1 Å². The summed E-state index contributed by atoms with van der Waals surface area (Å²) in [7, 11) is -4.67. The van der Waals surface area contributed by atoms with Crippen molar-refractivity contribution in [2.24, 2.45) is 17.8 Å². The molecule has 1 aliphatic carbocycles. The van der Waals surface area contributed by atoms with Crippen LogP contribution in [0.3, 0.4) is 0 Å². The molecule has 1 aliphatic rings. The second-order valence-electron chi connectivity index (χ2n) is 15.5. The molecule has 55 heavy (non-hydrogen) atoms. The Morgan fingerprint density at radius 2 is 1.40 bits per heavy atom. The average molecular weight is 807 g/mol. The van der Waals surface area contributed by atoms with Gasteiger partial charge < -0.3 is 39.9 Å².